The highest BCUT2D eigenvalue weighted by Crippen LogP contribution is 2.26. The molecule has 0 aromatic carbocycles. The van der Waals surface area contributed by atoms with Crippen LogP contribution in [0.4, 0.5) is 0 Å². The molecule has 2 rings (SSSR count). The molecule has 18 heavy (non-hydrogen) atoms. The first-order valence-corrected chi connectivity index (χ1v) is 6.94. The van der Waals surface area contributed by atoms with Gasteiger partial charge in [-0.2, -0.15) is 0 Å². The van der Waals surface area contributed by atoms with Crippen LogP contribution >= 0.6 is 11.3 Å². The molecule has 0 unspecified atom stereocenters. The first kappa shape index (κ1) is 15.0. The second-order valence-electron chi connectivity index (χ2n) is 3.42. The third-order valence-electron chi connectivity index (χ3n) is 1.85. The summed E-state index contributed by atoms with van der Waals surface area (Å²) in [5, 5.41) is 2.09. The van der Waals surface area contributed by atoms with Crippen molar-refractivity contribution in [3.05, 3.63) is 41.2 Å². The summed E-state index contributed by atoms with van der Waals surface area (Å²) in [7, 11) is -4.94. The van der Waals surface area contributed by atoms with E-state index in [0.29, 0.717) is 0 Å². The topological polar surface area (TPSA) is 104 Å². The summed E-state index contributed by atoms with van der Waals surface area (Å²) in [6, 6.07) is 8.32. The number of aryl methyl sites for hydroxylation is 2. The summed E-state index contributed by atoms with van der Waals surface area (Å²) < 4.78 is 39.4. The Bertz CT molecular complexity index is 466. The summed E-state index contributed by atoms with van der Waals surface area (Å²) in [6.07, 6.45) is 0. The van der Waals surface area contributed by atoms with E-state index >= 15 is 0 Å². The number of rotatable bonds is 1. The molecule has 0 bridgehead atoms. The zero-order valence-electron chi connectivity index (χ0n) is 9.71. The minimum atomic E-state index is -4.94. The smallest absolute Gasteiger partial charge is 0.222 e. The van der Waals surface area contributed by atoms with Crippen molar-refractivity contribution in [2.24, 2.45) is 0 Å². The molecular formula is C11H11ClO5S. The van der Waals surface area contributed by atoms with Gasteiger partial charge >= 0.3 is 11.5 Å². The van der Waals surface area contributed by atoms with Gasteiger partial charge in [0.2, 0.25) is 0 Å². The molecule has 0 saturated heterocycles. The summed E-state index contributed by atoms with van der Waals surface area (Å²) in [4.78, 5) is 1.29. The molecule has 7 heteroatoms. The van der Waals surface area contributed by atoms with Gasteiger partial charge in [0.05, 0.1) is 13.8 Å². The minimum Gasteiger partial charge on any atom is -0.222 e. The van der Waals surface area contributed by atoms with Crippen LogP contribution in [-0.4, -0.2) is 0 Å². The van der Waals surface area contributed by atoms with Gasteiger partial charge in [-0.3, -0.25) is 0 Å². The maximum atomic E-state index is 8.49. The molecule has 2 aromatic rings. The van der Waals surface area contributed by atoms with Crippen molar-refractivity contribution < 1.29 is 33.3 Å². The monoisotopic (exact) mass is 290 g/mol. The van der Waals surface area contributed by atoms with Crippen LogP contribution in [0, 0.1) is 24.1 Å². The minimum absolute atomic E-state index is 0.961. The Morgan fingerprint density at radius 1 is 1.06 bits per heavy atom. The van der Waals surface area contributed by atoms with E-state index in [2.05, 4.69) is 29.6 Å². The highest BCUT2D eigenvalue weighted by Gasteiger charge is 2.09. The van der Waals surface area contributed by atoms with Gasteiger partial charge in [-0.05, 0) is 11.4 Å². The Hall–Kier alpha value is -1.02. The van der Waals surface area contributed by atoms with Crippen LogP contribution in [0.3, 0.4) is 0 Å². The van der Waals surface area contributed by atoms with Crippen molar-refractivity contribution in [2.75, 3.05) is 0 Å². The molecule has 2 heterocycles. The van der Waals surface area contributed by atoms with Crippen molar-refractivity contribution >= 4 is 11.3 Å². The quantitative estimate of drug-likeness (QED) is 0.636. The van der Waals surface area contributed by atoms with Crippen LogP contribution in [0.1, 0.15) is 11.5 Å². The Kier molecular flexibility index (Phi) is 5.21. The van der Waals surface area contributed by atoms with Gasteiger partial charge in [0.25, 0.3) is 0 Å². The van der Waals surface area contributed by atoms with Gasteiger partial charge in [-0.1, -0.05) is 6.07 Å². The van der Waals surface area contributed by atoms with Gasteiger partial charge < -0.3 is 0 Å². The highest BCUT2D eigenvalue weighted by atomic mass is 35.7. The molecule has 0 N–H and O–H groups in total. The molecule has 0 fully saturated rings. The fourth-order valence-electron chi connectivity index (χ4n) is 1.38. The molecule has 0 aliphatic rings. The lowest BCUT2D eigenvalue weighted by molar-refractivity contribution is -2.00. The number of hydrogen-bond acceptors (Lipinski definition) is 5. The predicted molar refractivity (Wildman–Crippen MR) is 55.9 cm³/mol. The van der Waals surface area contributed by atoms with E-state index in [4.69, 9.17) is 23.1 Å². The third-order valence-corrected chi connectivity index (χ3v) is 2.76. The fraction of sp³-hybridized carbons (Fsp3) is 0.182. The zero-order valence-corrected chi connectivity index (χ0v) is 11.3. The number of halogens is 1. The summed E-state index contributed by atoms with van der Waals surface area (Å²) in [5.41, 5.74) is 1.25. The predicted octanol–water partition coefficient (Wildman–Crippen LogP) is -0.850. The van der Waals surface area contributed by atoms with Crippen LogP contribution in [0.15, 0.2) is 34.1 Å². The average molecular weight is 291 g/mol. The fourth-order valence-corrected chi connectivity index (χ4v) is 2.09. The van der Waals surface area contributed by atoms with Crippen LogP contribution < -0.4 is 18.6 Å². The van der Waals surface area contributed by atoms with Gasteiger partial charge in [0, 0.05) is 22.6 Å². The molecule has 0 spiro atoms. The summed E-state index contributed by atoms with van der Waals surface area (Å²) >= 11 is 1.75. The summed E-state index contributed by atoms with van der Waals surface area (Å²) in [5.74, 6) is 1.92. The van der Waals surface area contributed by atoms with Crippen LogP contribution in [0.2, 0.25) is 0 Å². The van der Waals surface area contributed by atoms with Crippen molar-refractivity contribution in [3.63, 3.8) is 0 Å². The van der Waals surface area contributed by atoms with Crippen molar-refractivity contribution in [3.8, 4) is 10.4 Å². The highest BCUT2D eigenvalue weighted by molar-refractivity contribution is 7.13. The van der Waals surface area contributed by atoms with Crippen LogP contribution in [0.5, 0.6) is 0 Å². The molecule has 0 saturated carbocycles. The van der Waals surface area contributed by atoms with E-state index in [1.54, 1.807) is 11.3 Å². The van der Waals surface area contributed by atoms with Gasteiger partial charge in [0.1, 0.15) is 0 Å². The van der Waals surface area contributed by atoms with Gasteiger partial charge in [0.15, 0.2) is 0 Å². The molecule has 0 aliphatic heterocycles. The third kappa shape index (κ3) is 6.06. The lowest BCUT2D eigenvalue weighted by Crippen LogP contribution is -2.68. The van der Waals surface area contributed by atoms with Gasteiger partial charge in [-0.15, -0.1) is 21.6 Å². The average Bonchev–Trinajstić information content (AvgIpc) is 2.65. The number of thiophene rings is 1. The van der Waals surface area contributed by atoms with Crippen molar-refractivity contribution in [2.45, 2.75) is 13.8 Å². The van der Waals surface area contributed by atoms with E-state index in [1.807, 2.05) is 13.8 Å². The van der Waals surface area contributed by atoms with E-state index < -0.39 is 10.2 Å². The molecule has 0 aliphatic carbocycles. The van der Waals surface area contributed by atoms with E-state index in [-0.39, 0.29) is 0 Å². The van der Waals surface area contributed by atoms with Crippen molar-refractivity contribution in [1.29, 1.82) is 0 Å². The van der Waals surface area contributed by atoms with E-state index in [9.17, 15) is 0 Å². The maximum absolute atomic E-state index is 8.49. The van der Waals surface area contributed by atoms with E-state index in [1.165, 1.54) is 10.4 Å². The maximum Gasteiger partial charge on any atom is 0.327 e. The molecule has 2 aromatic heterocycles. The largest absolute Gasteiger partial charge is 0.327 e. The molecule has 0 radical (unpaired) electrons. The second-order valence-corrected chi connectivity index (χ2v) is 5.13. The van der Waals surface area contributed by atoms with Gasteiger partial charge in [-0.25, -0.2) is 23.1 Å². The lowest BCUT2D eigenvalue weighted by atomic mass is 10.2. The second kappa shape index (κ2) is 6.24. The normalized spacial score (nSPS) is 10.8. The number of hydrogen-bond donors (Lipinski definition) is 0. The zero-order chi connectivity index (χ0) is 13.8. The van der Waals surface area contributed by atoms with Crippen molar-refractivity contribution in [1.82, 2.24) is 0 Å². The Labute approximate surface area is 110 Å². The first-order valence-electron chi connectivity index (χ1n) is 4.83. The van der Waals surface area contributed by atoms with Crippen LogP contribution in [-0.2, 0) is 0 Å². The Balaban J connectivity index is 0.000000280. The molecular weight excluding hydrogens is 280 g/mol. The Morgan fingerprint density at radius 3 is 1.94 bits per heavy atom. The Morgan fingerprint density at radius 2 is 1.56 bits per heavy atom. The first-order chi connectivity index (χ1) is 8.25. The summed E-state index contributed by atoms with van der Waals surface area (Å²) in [6.45, 7) is 3.95. The standard InChI is InChI=1S/C11H11OS.ClHO4/c1-8-6-10(7-9(2)12-8)11-4-3-5-13-11;2-1(3,4)5/h3-7H,1-2H3;(H,2,3,4,5)/q+1;/p-1. The lowest BCUT2D eigenvalue weighted by Gasteiger charge is -2.17. The van der Waals surface area contributed by atoms with E-state index in [0.717, 1.165) is 11.5 Å². The van der Waals surface area contributed by atoms with Crippen LogP contribution in [0.25, 0.3) is 10.4 Å². The molecule has 98 valence electrons. The molecule has 0 atom stereocenters. The molecule has 0 amide bonds. The molecule has 5 nitrogen and oxygen atoms in total. The SMILES string of the molecule is Cc1cc(-c2cccs2)cc(C)[o+]1.[O-][Cl+3]([O-])([O-])[O-].